The third-order valence-corrected chi connectivity index (χ3v) is 0.710. The molecule has 0 saturated heterocycles. The summed E-state index contributed by atoms with van der Waals surface area (Å²) in [6.07, 6.45) is 1.19. The first-order valence-electron chi connectivity index (χ1n) is 1.92. The van der Waals surface area contributed by atoms with E-state index in [4.69, 9.17) is 5.11 Å². The number of nitrogens with zero attached hydrogens (tertiary/aromatic N) is 1. The van der Waals surface area contributed by atoms with Crippen LogP contribution in [0, 0.1) is 0 Å². The van der Waals surface area contributed by atoms with Crippen LogP contribution >= 0.6 is 0 Å². The van der Waals surface area contributed by atoms with Gasteiger partial charge in [-0.1, -0.05) is 0 Å². The molecule has 1 aliphatic heterocycles. The highest BCUT2D eigenvalue weighted by molar-refractivity contribution is 5.43. The quantitative estimate of drug-likeness (QED) is 0.332. The second-order valence-corrected chi connectivity index (χ2v) is 1.25. The lowest BCUT2D eigenvalue weighted by Gasteiger charge is -1.84. The number of aliphatic hydroxyl groups is 1. The molecule has 0 fully saturated rings. The standard InChI is InChI=1S/C3H6N2O.ClH/c6-3-1-4-2-5-3;/h2-3,6H,1H2,(H,4,5);1H. The number of rotatable bonds is 0. The van der Waals surface area contributed by atoms with Gasteiger partial charge in [0.1, 0.15) is 6.54 Å². The largest absolute Gasteiger partial charge is 1.00 e. The first kappa shape index (κ1) is 6.88. The number of quaternary nitrogens is 1. The topological polar surface area (TPSA) is 49.2 Å². The van der Waals surface area contributed by atoms with Gasteiger partial charge in [0.15, 0.2) is 12.6 Å². The summed E-state index contributed by atoms with van der Waals surface area (Å²) in [7, 11) is 0. The second kappa shape index (κ2) is 2.96. The number of hydrogen-bond donors (Lipinski definition) is 2. The zero-order chi connectivity index (χ0) is 4.41. The van der Waals surface area contributed by atoms with Crippen molar-refractivity contribution in [2.75, 3.05) is 6.54 Å². The lowest BCUT2D eigenvalue weighted by atomic mass is 10.6. The van der Waals surface area contributed by atoms with Crippen LogP contribution < -0.4 is 17.7 Å². The summed E-state index contributed by atoms with van der Waals surface area (Å²) < 4.78 is 0. The van der Waals surface area contributed by atoms with E-state index < -0.39 is 6.23 Å². The summed E-state index contributed by atoms with van der Waals surface area (Å²) in [5, 5.41) is 10.3. The molecule has 0 saturated carbocycles. The molecule has 7 heavy (non-hydrogen) atoms. The third-order valence-electron chi connectivity index (χ3n) is 0.710. The van der Waals surface area contributed by atoms with E-state index in [0.29, 0.717) is 6.54 Å². The predicted molar refractivity (Wildman–Crippen MR) is 21.3 cm³/mol. The van der Waals surface area contributed by atoms with Crippen LogP contribution in [0.2, 0.25) is 0 Å². The minimum atomic E-state index is -0.440. The van der Waals surface area contributed by atoms with Crippen molar-refractivity contribution in [3.05, 3.63) is 0 Å². The Morgan fingerprint density at radius 2 is 2.57 bits per heavy atom. The molecule has 0 amide bonds. The van der Waals surface area contributed by atoms with Crippen molar-refractivity contribution in [3.8, 4) is 0 Å². The maximum Gasteiger partial charge on any atom is 0.200 e. The molecule has 1 unspecified atom stereocenters. The lowest BCUT2D eigenvalue weighted by molar-refractivity contribution is -0.527. The van der Waals surface area contributed by atoms with Crippen molar-refractivity contribution < 1.29 is 22.8 Å². The van der Waals surface area contributed by atoms with Crippen molar-refractivity contribution in [2.24, 2.45) is 4.99 Å². The highest BCUT2D eigenvalue weighted by Crippen LogP contribution is 1.77. The fourth-order valence-electron chi connectivity index (χ4n) is 0.404. The maximum absolute atomic E-state index is 8.50. The average molecular weight is 123 g/mol. The molecular weight excluding hydrogens is 115 g/mol. The van der Waals surface area contributed by atoms with E-state index in [2.05, 4.69) is 4.99 Å². The molecule has 0 bridgehead atoms. The summed E-state index contributed by atoms with van der Waals surface area (Å²) in [5.41, 5.74) is 0. The number of nitrogens with two attached hydrogens (primary N) is 1. The number of aliphatic hydroxyl groups excluding tert-OH is 1. The van der Waals surface area contributed by atoms with E-state index in [9.17, 15) is 0 Å². The highest BCUT2D eigenvalue weighted by Gasteiger charge is 2.05. The first-order valence-corrected chi connectivity index (χ1v) is 1.92. The Labute approximate surface area is 47.9 Å². The van der Waals surface area contributed by atoms with Gasteiger partial charge in [0, 0.05) is 0 Å². The van der Waals surface area contributed by atoms with Crippen molar-refractivity contribution >= 4 is 6.34 Å². The summed E-state index contributed by atoms with van der Waals surface area (Å²) in [4.78, 5) is 3.61. The Hall–Kier alpha value is -0.120. The minimum absolute atomic E-state index is 0. The van der Waals surface area contributed by atoms with E-state index in [1.54, 1.807) is 6.34 Å². The number of aliphatic imine (C=N–C) groups is 1. The highest BCUT2D eigenvalue weighted by atomic mass is 35.5. The molecule has 0 aromatic carbocycles. The predicted octanol–water partition coefficient (Wildman–Crippen LogP) is -5.09. The van der Waals surface area contributed by atoms with Crippen LogP contribution in [-0.2, 0) is 0 Å². The van der Waals surface area contributed by atoms with Crippen molar-refractivity contribution in [3.63, 3.8) is 0 Å². The molecule has 1 aliphatic rings. The number of hydrogen-bond acceptors (Lipinski definition) is 2. The molecule has 42 valence electrons. The van der Waals surface area contributed by atoms with E-state index in [1.807, 2.05) is 5.32 Å². The van der Waals surface area contributed by atoms with Gasteiger partial charge in [-0.05, 0) is 0 Å². The van der Waals surface area contributed by atoms with E-state index in [0.717, 1.165) is 0 Å². The Bertz CT molecular complexity index is 75.3. The summed E-state index contributed by atoms with van der Waals surface area (Å²) >= 11 is 0. The van der Waals surface area contributed by atoms with E-state index >= 15 is 0 Å². The van der Waals surface area contributed by atoms with Crippen molar-refractivity contribution in [1.82, 2.24) is 0 Å². The van der Waals surface area contributed by atoms with Gasteiger partial charge in [-0.3, -0.25) is 0 Å². The van der Waals surface area contributed by atoms with Crippen LogP contribution in [0.15, 0.2) is 4.99 Å². The zero-order valence-electron chi connectivity index (χ0n) is 3.71. The Balaban J connectivity index is 0.000000360. The molecular formula is C3H7ClN2O. The minimum Gasteiger partial charge on any atom is -1.00 e. The SMILES string of the molecule is OC1C[NH2+]C=N1.[Cl-]. The van der Waals surface area contributed by atoms with Gasteiger partial charge in [0.25, 0.3) is 0 Å². The van der Waals surface area contributed by atoms with Crippen molar-refractivity contribution in [1.29, 1.82) is 0 Å². The monoisotopic (exact) mass is 122 g/mol. The molecule has 0 aromatic heterocycles. The molecule has 1 heterocycles. The fourth-order valence-corrected chi connectivity index (χ4v) is 0.404. The molecule has 0 aromatic rings. The van der Waals surface area contributed by atoms with Gasteiger partial charge in [0.05, 0.1) is 0 Å². The van der Waals surface area contributed by atoms with Crippen LogP contribution in [0.4, 0.5) is 0 Å². The molecule has 4 heteroatoms. The zero-order valence-corrected chi connectivity index (χ0v) is 4.47. The maximum atomic E-state index is 8.50. The smallest absolute Gasteiger partial charge is 0.200 e. The van der Waals surface area contributed by atoms with Gasteiger partial charge < -0.3 is 22.8 Å². The molecule has 1 rings (SSSR count). The first-order chi connectivity index (χ1) is 2.89. The number of halogens is 1. The van der Waals surface area contributed by atoms with Crippen LogP contribution in [0.5, 0.6) is 0 Å². The van der Waals surface area contributed by atoms with Crippen LogP contribution in [-0.4, -0.2) is 24.2 Å². The Morgan fingerprint density at radius 3 is 2.71 bits per heavy atom. The summed E-state index contributed by atoms with van der Waals surface area (Å²) in [6.45, 7) is 0.694. The van der Waals surface area contributed by atoms with E-state index in [1.165, 1.54) is 0 Å². The fraction of sp³-hybridized carbons (Fsp3) is 0.667. The normalized spacial score (nSPS) is 27.3. The molecule has 3 N–H and O–H groups in total. The van der Waals surface area contributed by atoms with Crippen molar-refractivity contribution in [2.45, 2.75) is 6.23 Å². The van der Waals surface area contributed by atoms with Crippen LogP contribution in [0.25, 0.3) is 0 Å². The van der Waals surface area contributed by atoms with Gasteiger partial charge in [-0.25, -0.2) is 4.99 Å². The Morgan fingerprint density at radius 1 is 1.86 bits per heavy atom. The van der Waals surface area contributed by atoms with Gasteiger partial charge in [-0.2, -0.15) is 0 Å². The summed E-state index contributed by atoms with van der Waals surface area (Å²) in [6, 6.07) is 0. The molecule has 1 atom stereocenters. The van der Waals surface area contributed by atoms with E-state index in [-0.39, 0.29) is 12.4 Å². The second-order valence-electron chi connectivity index (χ2n) is 1.25. The van der Waals surface area contributed by atoms with Gasteiger partial charge in [-0.15, -0.1) is 0 Å². The third kappa shape index (κ3) is 1.87. The van der Waals surface area contributed by atoms with Gasteiger partial charge >= 0.3 is 0 Å². The molecule has 0 radical (unpaired) electrons. The Kier molecular flexibility index (Phi) is 2.91. The lowest BCUT2D eigenvalue weighted by Crippen LogP contribution is -3.00. The molecule has 0 aliphatic carbocycles. The average Bonchev–Trinajstić information content (AvgIpc) is 1.86. The van der Waals surface area contributed by atoms with Crippen LogP contribution in [0.3, 0.4) is 0 Å². The molecule has 3 nitrogen and oxygen atoms in total. The molecule has 0 spiro atoms. The van der Waals surface area contributed by atoms with Gasteiger partial charge in [0.2, 0.25) is 0 Å². The summed E-state index contributed by atoms with van der Waals surface area (Å²) in [5.74, 6) is 0. The van der Waals surface area contributed by atoms with Crippen LogP contribution in [0.1, 0.15) is 0 Å².